The van der Waals surface area contributed by atoms with Crippen LogP contribution in [-0.4, -0.2) is 21.6 Å². The summed E-state index contributed by atoms with van der Waals surface area (Å²) in [5.74, 6) is 0.160. The van der Waals surface area contributed by atoms with E-state index in [0.29, 0.717) is 5.16 Å². The van der Waals surface area contributed by atoms with E-state index in [2.05, 4.69) is 15.3 Å². The Labute approximate surface area is 138 Å². The van der Waals surface area contributed by atoms with Crippen LogP contribution in [0, 0.1) is 0 Å². The predicted molar refractivity (Wildman–Crippen MR) is 90.6 cm³/mol. The molecule has 6 heteroatoms. The molecule has 1 aromatic heterocycles. The van der Waals surface area contributed by atoms with Crippen LogP contribution in [0.3, 0.4) is 0 Å². The standard InChI is InChI=1S/C17H19N3O2S/c1-11(12-6-3-2-4-7-12)18-15(21)10-23-17-19-14-9-5-8-13(14)16(22)20-17/h2-4,6-7,11H,5,8-10H2,1H3,(H,18,21)(H,19,20,22)/t11-/m0/s1. The molecular weight excluding hydrogens is 310 g/mol. The number of thioether (sulfide) groups is 1. The van der Waals surface area contributed by atoms with Crippen molar-refractivity contribution in [2.75, 3.05) is 5.75 Å². The van der Waals surface area contributed by atoms with Crippen LogP contribution in [0.4, 0.5) is 0 Å². The minimum absolute atomic E-state index is 0.0451. The van der Waals surface area contributed by atoms with Crippen molar-refractivity contribution in [1.29, 1.82) is 0 Å². The molecule has 0 saturated heterocycles. The zero-order valence-corrected chi connectivity index (χ0v) is 13.8. The van der Waals surface area contributed by atoms with Crippen molar-refractivity contribution in [1.82, 2.24) is 15.3 Å². The third-order valence-electron chi connectivity index (χ3n) is 3.94. The number of aryl methyl sites for hydroxylation is 1. The molecule has 0 saturated carbocycles. The Morgan fingerprint density at radius 3 is 2.91 bits per heavy atom. The molecule has 23 heavy (non-hydrogen) atoms. The molecule has 3 rings (SSSR count). The molecule has 2 aromatic rings. The van der Waals surface area contributed by atoms with Gasteiger partial charge in [-0.15, -0.1) is 0 Å². The van der Waals surface area contributed by atoms with Gasteiger partial charge in [0.2, 0.25) is 5.91 Å². The summed E-state index contributed by atoms with van der Waals surface area (Å²) in [6.07, 6.45) is 2.64. The molecule has 0 radical (unpaired) electrons. The fraction of sp³-hybridized carbons (Fsp3) is 0.353. The number of benzene rings is 1. The van der Waals surface area contributed by atoms with Crippen LogP contribution in [0.25, 0.3) is 0 Å². The second kappa shape index (κ2) is 7.00. The highest BCUT2D eigenvalue weighted by atomic mass is 32.2. The van der Waals surface area contributed by atoms with E-state index in [0.717, 1.165) is 36.1 Å². The summed E-state index contributed by atoms with van der Waals surface area (Å²) in [5.41, 5.74) is 2.69. The van der Waals surface area contributed by atoms with Crippen LogP contribution >= 0.6 is 11.8 Å². The average molecular weight is 329 g/mol. The van der Waals surface area contributed by atoms with Gasteiger partial charge in [-0.1, -0.05) is 42.1 Å². The van der Waals surface area contributed by atoms with Gasteiger partial charge in [0.15, 0.2) is 5.16 Å². The lowest BCUT2D eigenvalue weighted by atomic mass is 10.1. The number of aromatic nitrogens is 2. The average Bonchev–Trinajstić information content (AvgIpc) is 3.03. The molecule has 0 bridgehead atoms. The summed E-state index contributed by atoms with van der Waals surface area (Å²) in [7, 11) is 0. The van der Waals surface area contributed by atoms with Crippen molar-refractivity contribution in [3.05, 3.63) is 57.5 Å². The first-order valence-corrected chi connectivity index (χ1v) is 8.71. The third-order valence-corrected chi connectivity index (χ3v) is 4.81. The van der Waals surface area contributed by atoms with E-state index in [1.54, 1.807) is 0 Å². The number of hydrogen-bond donors (Lipinski definition) is 2. The van der Waals surface area contributed by atoms with Crippen LogP contribution < -0.4 is 10.9 Å². The smallest absolute Gasteiger partial charge is 0.254 e. The molecule has 1 aromatic carbocycles. The molecule has 0 fully saturated rings. The van der Waals surface area contributed by atoms with Crippen LogP contribution in [0.15, 0.2) is 40.3 Å². The van der Waals surface area contributed by atoms with Crippen molar-refractivity contribution in [2.45, 2.75) is 37.4 Å². The highest BCUT2D eigenvalue weighted by Crippen LogP contribution is 2.19. The molecule has 0 spiro atoms. The Bertz CT molecular complexity index is 758. The number of aromatic amines is 1. The lowest BCUT2D eigenvalue weighted by Gasteiger charge is -2.14. The molecular formula is C17H19N3O2S. The molecule has 1 atom stereocenters. The minimum Gasteiger partial charge on any atom is -0.349 e. The van der Waals surface area contributed by atoms with Gasteiger partial charge in [-0.25, -0.2) is 4.98 Å². The molecule has 0 unspecified atom stereocenters. The number of fused-ring (bicyclic) bond motifs is 1. The SMILES string of the molecule is C[C@H](NC(=O)CSc1nc2c(c(=O)[nH]1)CCC2)c1ccccc1. The van der Waals surface area contributed by atoms with E-state index < -0.39 is 0 Å². The Hall–Kier alpha value is -2.08. The van der Waals surface area contributed by atoms with E-state index in [9.17, 15) is 9.59 Å². The topological polar surface area (TPSA) is 74.8 Å². The molecule has 1 amide bonds. The first-order valence-electron chi connectivity index (χ1n) is 7.72. The summed E-state index contributed by atoms with van der Waals surface area (Å²) in [4.78, 5) is 31.2. The van der Waals surface area contributed by atoms with E-state index in [1.807, 2.05) is 37.3 Å². The number of hydrogen-bond acceptors (Lipinski definition) is 4. The van der Waals surface area contributed by atoms with E-state index in [4.69, 9.17) is 0 Å². The van der Waals surface area contributed by atoms with Gasteiger partial charge in [0, 0.05) is 5.56 Å². The zero-order valence-electron chi connectivity index (χ0n) is 13.0. The quantitative estimate of drug-likeness (QED) is 0.651. The van der Waals surface area contributed by atoms with Gasteiger partial charge in [-0.05, 0) is 31.7 Å². The first-order chi connectivity index (χ1) is 11.1. The van der Waals surface area contributed by atoms with Gasteiger partial charge < -0.3 is 10.3 Å². The Balaban J connectivity index is 1.57. The van der Waals surface area contributed by atoms with E-state index in [1.165, 1.54) is 11.8 Å². The maximum absolute atomic E-state index is 12.1. The van der Waals surface area contributed by atoms with Crippen LogP contribution in [0.5, 0.6) is 0 Å². The lowest BCUT2D eigenvalue weighted by molar-refractivity contribution is -0.119. The van der Waals surface area contributed by atoms with Crippen molar-refractivity contribution >= 4 is 17.7 Å². The van der Waals surface area contributed by atoms with Crippen LogP contribution in [0.1, 0.15) is 36.2 Å². The normalized spacial score (nSPS) is 14.3. The Morgan fingerprint density at radius 2 is 2.13 bits per heavy atom. The van der Waals surface area contributed by atoms with E-state index >= 15 is 0 Å². The number of rotatable bonds is 5. The van der Waals surface area contributed by atoms with Gasteiger partial charge in [-0.2, -0.15) is 0 Å². The van der Waals surface area contributed by atoms with Gasteiger partial charge in [0.05, 0.1) is 17.5 Å². The molecule has 1 aliphatic carbocycles. The molecule has 5 nitrogen and oxygen atoms in total. The van der Waals surface area contributed by atoms with Gasteiger partial charge in [0.25, 0.3) is 5.56 Å². The summed E-state index contributed by atoms with van der Waals surface area (Å²) < 4.78 is 0. The molecule has 120 valence electrons. The van der Waals surface area contributed by atoms with E-state index in [-0.39, 0.29) is 23.3 Å². The highest BCUT2D eigenvalue weighted by Gasteiger charge is 2.18. The maximum atomic E-state index is 12.1. The molecule has 2 N–H and O–H groups in total. The van der Waals surface area contributed by atoms with Crippen molar-refractivity contribution in [2.24, 2.45) is 0 Å². The Kier molecular flexibility index (Phi) is 4.81. The number of H-pyrrole nitrogens is 1. The van der Waals surface area contributed by atoms with Gasteiger partial charge in [0.1, 0.15) is 0 Å². The Morgan fingerprint density at radius 1 is 1.35 bits per heavy atom. The number of amides is 1. The highest BCUT2D eigenvalue weighted by molar-refractivity contribution is 7.99. The number of carbonyl (C=O) groups excluding carboxylic acids is 1. The molecule has 0 aliphatic heterocycles. The summed E-state index contributed by atoms with van der Waals surface area (Å²) in [6.45, 7) is 1.95. The van der Waals surface area contributed by atoms with Crippen molar-refractivity contribution in [3.63, 3.8) is 0 Å². The van der Waals surface area contributed by atoms with Gasteiger partial charge >= 0.3 is 0 Å². The monoisotopic (exact) mass is 329 g/mol. The van der Waals surface area contributed by atoms with Gasteiger partial charge in [-0.3, -0.25) is 9.59 Å². The second-order valence-corrected chi connectivity index (χ2v) is 6.60. The summed E-state index contributed by atoms with van der Waals surface area (Å²) in [5, 5.41) is 3.48. The largest absolute Gasteiger partial charge is 0.349 e. The first kappa shape index (κ1) is 15.8. The number of nitrogens with zero attached hydrogens (tertiary/aromatic N) is 1. The zero-order chi connectivity index (χ0) is 16.2. The minimum atomic E-state index is -0.0745. The second-order valence-electron chi connectivity index (χ2n) is 5.64. The summed E-state index contributed by atoms with van der Waals surface area (Å²) in [6, 6.07) is 9.77. The van der Waals surface area contributed by atoms with Crippen molar-refractivity contribution < 1.29 is 4.79 Å². The third kappa shape index (κ3) is 3.82. The fourth-order valence-electron chi connectivity index (χ4n) is 2.73. The maximum Gasteiger partial charge on any atom is 0.254 e. The number of carbonyl (C=O) groups is 1. The summed E-state index contributed by atoms with van der Waals surface area (Å²) >= 11 is 1.27. The number of nitrogens with one attached hydrogen (secondary N) is 2. The van der Waals surface area contributed by atoms with Crippen LogP contribution in [0.2, 0.25) is 0 Å². The predicted octanol–water partition coefficient (Wildman–Crippen LogP) is 2.23. The molecule has 1 heterocycles. The lowest BCUT2D eigenvalue weighted by Crippen LogP contribution is -2.28. The van der Waals surface area contributed by atoms with Crippen LogP contribution in [-0.2, 0) is 17.6 Å². The fourth-order valence-corrected chi connectivity index (χ4v) is 3.42. The van der Waals surface area contributed by atoms with Crippen molar-refractivity contribution in [3.8, 4) is 0 Å². The molecule has 1 aliphatic rings.